The zero-order valence-electron chi connectivity index (χ0n) is 6.74. The first-order valence-corrected chi connectivity index (χ1v) is 3.43. The maximum atomic E-state index is 10.1. The molecule has 0 saturated heterocycles. The Morgan fingerprint density at radius 2 is 2.25 bits per heavy atom. The average molecular weight is 171 g/mol. The summed E-state index contributed by atoms with van der Waals surface area (Å²) in [5.74, 6) is 0.514. The highest BCUT2D eigenvalue weighted by molar-refractivity contribution is 5.79. The number of hydrogen-bond acceptors (Lipinski definition) is 4. The van der Waals surface area contributed by atoms with E-state index in [1.807, 2.05) is 19.2 Å². The van der Waals surface area contributed by atoms with Crippen molar-refractivity contribution in [1.82, 2.24) is 10.2 Å². The molecule has 0 atom stereocenters. The topological polar surface area (TPSA) is 88.2 Å². The van der Waals surface area contributed by atoms with E-state index < -0.39 is 6.09 Å². The van der Waals surface area contributed by atoms with Gasteiger partial charge in [0.25, 0.3) is 0 Å². The minimum absolute atomic E-state index is 0.0915. The van der Waals surface area contributed by atoms with Crippen molar-refractivity contribution in [3.05, 3.63) is 5.89 Å². The van der Waals surface area contributed by atoms with E-state index in [0.717, 1.165) is 0 Å². The van der Waals surface area contributed by atoms with Crippen LogP contribution in [-0.2, 0) is 0 Å². The van der Waals surface area contributed by atoms with E-state index in [9.17, 15) is 4.79 Å². The van der Waals surface area contributed by atoms with Gasteiger partial charge in [-0.25, -0.2) is 10.1 Å². The van der Waals surface area contributed by atoms with Crippen LogP contribution in [0.4, 0.5) is 10.8 Å². The van der Waals surface area contributed by atoms with Gasteiger partial charge in [-0.1, -0.05) is 18.9 Å². The number of anilines is 1. The van der Waals surface area contributed by atoms with Gasteiger partial charge in [0.15, 0.2) is 0 Å². The largest absolute Gasteiger partial charge is 0.465 e. The van der Waals surface area contributed by atoms with Crippen molar-refractivity contribution in [2.24, 2.45) is 0 Å². The van der Waals surface area contributed by atoms with E-state index in [2.05, 4.69) is 10.2 Å². The smallest absolute Gasteiger partial charge is 0.412 e. The summed E-state index contributed by atoms with van der Waals surface area (Å²) in [5.41, 5.74) is 0. The lowest BCUT2D eigenvalue weighted by atomic mass is 10.2. The molecule has 0 radical (unpaired) electrons. The van der Waals surface area contributed by atoms with Crippen molar-refractivity contribution < 1.29 is 14.3 Å². The summed E-state index contributed by atoms with van der Waals surface area (Å²) >= 11 is 0. The molecule has 66 valence electrons. The Hall–Kier alpha value is -1.59. The molecule has 2 N–H and O–H groups in total. The van der Waals surface area contributed by atoms with Gasteiger partial charge in [-0.15, -0.1) is 5.10 Å². The molecule has 6 heteroatoms. The molecule has 0 unspecified atom stereocenters. The highest BCUT2D eigenvalue weighted by Crippen LogP contribution is 2.14. The van der Waals surface area contributed by atoms with Crippen LogP contribution in [0.2, 0.25) is 0 Å². The number of amides is 1. The van der Waals surface area contributed by atoms with Gasteiger partial charge >= 0.3 is 12.1 Å². The van der Waals surface area contributed by atoms with Crippen molar-refractivity contribution in [3.8, 4) is 0 Å². The molecule has 0 aromatic carbocycles. The molecule has 1 aromatic rings. The molecule has 0 aliphatic rings. The predicted octanol–water partition coefficient (Wildman–Crippen LogP) is 1.28. The van der Waals surface area contributed by atoms with Crippen molar-refractivity contribution in [3.63, 3.8) is 0 Å². The number of carbonyl (C=O) groups is 1. The standard InChI is InChI=1S/C6H9N3O3/c1-3(2)4-8-9-5(12-4)7-6(10)11/h3H,1-2H3,(H,7,9)(H,10,11). The van der Waals surface area contributed by atoms with E-state index in [-0.39, 0.29) is 11.9 Å². The van der Waals surface area contributed by atoms with Crippen LogP contribution in [-0.4, -0.2) is 21.4 Å². The van der Waals surface area contributed by atoms with E-state index in [4.69, 9.17) is 9.52 Å². The van der Waals surface area contributed by atoms with Crippen LogP contribution in [0.25, 0.3) is 0 Å². The third kappa shape index (κ3) is 1.94. The fourth-order valence-electron chi connectivity index (χ4n) is 0.610. The summed E-state index contributed by atoms with van der Waals surface area (Å²) in [7, 11) is 0. The molecule has 1 rings (SSSR count). The van der Waals surface area contributed by atoms with Crippen molar-refractivity contribution in [2.75, 3.05) is 5.32 Å². The summed E-state index contributed by atoms with van der Waals surface area (Å²) in [5, 5.41) is 17.3. The normalized spacial score (nSPS) is 10.2. The predicted molar refractivity (Wildman–Crippen MR) is 40.0 cm³/mol. The first kappa shape index (κ1) is 8.51. The number of nitrogens with zero attached hydrogens (tertiary/aromatic N) is 2. The molecule has 0 aliphatic heterocycles. The molecule has 0 aliphatic carbocycles. The molecule has 1 heterocycles. The number of hydrogen-bond donors (Lipinski definition) is 2. The quantitative estimate of drug-likeness (QED) is 0.699. The summed E-state index contributed by atoms with van der Waals surface area (Å²) < 4.78 is 4.94. The molecule has 0 spiro atoms. The maximum Gasteiger partial charge on any atom is 0.412 e. The molecule has 1 amide bonds. The van der Waals surface area contributed by atoms with Gasteiger partial charge in [0.05, 0.1) is 0 Å². The minimum atomic E-state index is -1.21. The van der Waals surface area contributed by atoms with Crippen LogP contribution in [0.5, 0.6) is 0 Å². The fourth-order valence-corrected chi connectivity index (χ4v) is 0.610. The van der Waals surface area contributed by atoms with Crippen LogP contribution in [0.1, 0.15) is 25.7 Å². The van der Waals surface area contributed by atoms with Gasteiger partial charge < -0.3 is 9.52 Å². The summed E-state index contributed by atoms with van der Waals surface area (Å²) in [6.07, 6.45) is -1.21. The van der Waals surface area contributed by atoms with Crippen LogP contribution in [0.3, 0.4) is 0 Å². The first-order valence-electron chi connectivity index (χ1n) is 3.43. The highest BCUT2D eigenvalue weighted by Gasteiger charge is 2.10. The van der Waals surface area contributed by atoms with Gasteiger partial charge in [-0.2, -0.15) is 0 Å². The van der Waals surface area contributed by atoms with E-state index in [1.54, 1.807) is 0 Å². The molecule has 0 fully saturated rings. The highest BCUT2D eigenvalue weighted by atomic mass is 16.4. The van der Waals surface area contributed by atoms with Gasteiger partial charge in [-0.05, 0) is 0 Å². The number of nitrogens with one attached hydrogen (secondary N) is 1. The average Bonchev–Trinajstić information content (AvgIpc) is 2.34. The second-order valence-corrected chi connectivity index (χ2v) is 2.53. The number of carboxylic acid groups (broad SMARTS) is 1. The lowest BCUT2D eigenvalue weighted by molar-refractivity contribution is 0.209. The van der Waals surface area contributed by atoms with E-state index in [0.29, 0.717) is 5.89 Å². The van der Waals surface area contributed by atoms with Gasteiger partial charge in [0.1, 0.15) is 0 Å². The fraction of sp³-hybridized carbons (Fsp3) is 0.500. The molecular formula is C6H9N3O3. The third-order valence-electron chi connectivity index (χ3n) is 1.15. The minimum Gasteiger partial charge on any atom is -0.465 e. The van der Waals surface area contributed by atoms with Crippen molar-refractivity contribution >= 4 is 12.1 Å². The lowest BCUT2D eigenvalue weighted by Crippen LogP contribution is -2.07. The number of aromatic nitrogens is 2. The summed E-state index contributed by atoms with van der Waals surface area (Å²) in [6, 6.07) is -0.0915. The van der Waals surface area contributed by atoms with Crippen LogP contribution >= 0.6 is 0 Å². The van der Waals surface area contributed by atoms with Gasteiger partial charge in [-0.3, -0.25) is 0 Å². The molecule has 0 saturated carbocycles. The van der Waals surface area contributed by atoms with Crippen LogP contribution < -0.4 is 5.32 Å². The molecule has 1 aromatic heterocycles. The molecule has 12 heavy (non-hydrogen) atoms. The Morgan fingerprint density at radius 3 is 2.67 bits per heavy atom. The van der Waals surface area contributed by atoms with Gasteiger partial charge in [0, 0.05) is 5.92 Å². The molecular weight excluding hydrogens is 162 g/mol. The number of rotatable bonds is 2. The SMILES string of the molecule is CC(C)c1nnc(NC(=O)O)o1. The van der Waals surface area contributed by atoms with Crippen molar-refractivity contribution in [1.29, 1.82) is 0 Å². The summed E-state index contributed by atoms with van der Waals surface area (Å²) in [4.78, 5) is 10.1. The Balaban J connectivity index is 2.70. The first-order chi connectivity index (χ1) is 5.59. The molecule has 6 nitrogen and oxygen atoms in total. The monoisotopic (exact) mass is 171 g/mol. The van der Waals surface area contributed by atoms with E-state index in [1.165, 1.54) is 0 Å². The second kappa shape index (κ2) is 3.21. The van der Waals surface area contributed by atoms with Gasteiger partial charge in [0.2, 0.25) is 5.89 Å². The Bertz CT molecular complexity index is 281. The molecule has 0 bridgehead atoms. The lowest BCUT2D eigenvalue weighted by Gasteiger charge is -1.94. The van der Waals surface area contributed by atoms with Crippen LogP contribution in [0.15, 0.2) is 4.42 Å². The maximum absolute atomic E-state index is 10.1. The summed E-state index contributed by atoms with van der Waals surface area (Å²) in [6.45, 7) is 3.75. The second-order valence-electron chi connectivity index (χ2n) is 2.53. The van der Waals surface area contributed by atoms with E-state index >= 15 is 0 Å². The Labute approximate surface area is 68.6 Å². The Kier molecular flexibility index (Phi) is 2.27. The zero-order chi connectivity index (χ0) is 9.14. The van der Waals surface area contributed by atoms with Crippen LogP contribution in [0, 0.1) is 0 Å². The third-order valence-corrected chi connectivity index (χ3v) is 1.15. The zero-order valence-corrected chi connectivity index (χ0v) is 6.74. The van der Waals surface area contributed by atoms with Crippen molar-refractivity contribution in [2.45, 2.75) is 19.8 Å². The Morgan fingerprint density at radius 1 is 1.58 bits per heavy atom.